The summed E-state index contributed by atoms with van der Waals surface area (Å²) in [6.07, 6.45) is 0.663. The van der Waals surface area contributed by atoms with E-state index in [2.05, 4.69) is 10.1 Å². The molecule has 0 bridgehead atoms. The third-order valence-electron chi connectivity index (χ3n) is 4.59. The van der Waals surface area contributed by atoms with Gasteiger partial charge >= 0.3 is 0 Å². The van der Waals surface area contributed by atoms with Crippen molar-refractivity contribution in [1.29, 1.82) is 0 Å². The van der Waals surface area contributed by atoms with Gasteiger partial charge in [-0.2, -0.15) is 0 Å². The van der Waals surface area contributed by atoms with Gasteiger partial charge in [0.1, 0.15) is 23.0 Å². The van der Waals surface area contributed by atoms with Crippen LogP contribution in [0.15, 0.2) is 34.9 Å². The maximum atomic E-state index is 10.2. The van der Waals surface area contributed by atoms with Crippen molar-refractivity contribution < 1.29 is 24.9 Å². The number of hydrogen-bond acceptors (Lipinski definition) is 7. The number of nitrogens with zero attached hydrogens (tertiary/aromatic N) is 2. The standard InChI is InChI=1S/C19H17ClN2O5/c20-15-6-13(17(25)7-18(15)26)19-14-9-22(2-1-16(14)21-27-19)8-10-3-11(23)5-12(24)4-10/h3-7,23-26H,1-2,8-9H2. The molecule has 0 saturated heterocycles. The molecule has 8 heteroatoms. The van der Waals surface area contributed by atoms with Crippen molar-refractivity contribution in [1.82, 2.24) is 10.1 Å². The van der Waals surface area contributed by atoms with Gasteiger partial charge in [-0.1, -0.05) is 16.8 Å². The van der Waals surface area contributed by atoms with E-state index in [4.69, 9.17) is 16.1 Å². The summed E-state index contributed by atoms with van der Waals surface area (Å²) in [5, 5.41) is 43.3. The van der Waals surface area contributed by atoms with Crippen LogP contribution in [0.5, 0.6) is 23.0 Å². The summed E-state index contributed by atoms with van der Waals surface area (Å²) in [4.78, 5) is 2.12. The predicted molar refractivity (Wildman–Crippen MR) is 97.9 cm³/mol. The van der Waals surface area contributed by atoms with E-state index in [1.165, 1.54) is 18.2 Å². The van der Waals surface area contributed by atoms with Gasteiger partial charge in [0.15, 0.2) is 5.76 Å². The van der Waals surface area contributed by atoms with Crippen LogP contribution < -0.4 is 0 Å². The second kappa shape index (κ2) is 6.68. The van der Waals surface area contributed by atoms with E-state index < -0.39 is 0 Å². The van der Waals surface area contributed by atoms with Crippen molar-refractivity contribution in [2.75, 3.05) is 6.54 Å². The summed E-state index contributed by atoms with van der Waals surface area (Å²) < 4.78 is 5.46. The molecule has 140 valence electrons. The van der Waals surface area contributed by atoms with Gasteiger partial charge in [0.25, 0.3) is 0 Å². The van der Waals surface area contributed by atoms with E-state index in [1.54, 1.807) is 12.1 Å². The number of halogens is 1. The Kier molecular flexibility index (Phi) is 4.33. The number of phenolic OH excluding ortho intramolecular Hbond substituents is 4. The van der Waals surface area contributed by atoms with Crippen molar-refractivity contribution in [3.05, 3.63) is 52.2 Å². The first-order valence-corrected chi connectivity index (χ1v) is 8.72. The quantitative estimate of drug-likeness (QED) is 0.544. The number of rotatable bonds is 3. The van der Waals surface area contributed by atoms with Gasteiger partial charge in [-0.15, -0.1) is 0 Å². The fourth-order valence-corrected chi connectivity index (χ4v) is 3.52. The molecule has 1 aliphatic rings. The molecule has 27 heavy (non-hydrogen) atoms. The third-order valence-corrected chi connectivity index (χ3v) is 4.90. The molecular weight excluding hydrogens is 372 g/mol. The molecule has 0 saturated carbocycles. The van der Waals surface area contributed by atoms with E-state index in [1.807, 2.05) is 0 Å². The normalized spacial score (nSPS) is 14.3. The van der Waals surface area contributed by atoms with Gasteiger partial charge in [0.05, 0.1) is 16.3 Å². The van der Waals surface area contributed by atoms with Crippen molar-refractivity contribution in [2.45, 2.75) is 19.5 Å². The first-order chi connectivity index (χ1) is 12.9. The average molecular weight is 389 g/mol. The van der Waals surface area contributed by atoms with Crippen molar-refractivity contribution >= 4 is 11.6 Å². The van der Waals surface area contributed by atoms with E-state index in [-0.39, 0.29) is 28.0 Å². The molecule has 7 nitrogen and oxygen atoms in total. The molecule has 0 aliphatic carbocycles. The third kappa shape index (κ3) is 3.39. The van der Waals surface area contributed by atoms with E-state index in [0.717, 1.165) is 23.4 Å². The minimum absolute atomic E-state index is 0.0111. The van der Waals surface area contributed by atoms with Crippen LogP contribution in [0.4, 0.5) is 0 Å². The minimum atomic E-state index is -0.211. The average Bonchev–Trinajstić information content (AvgIpc) is 3.00. The fourth-order valence-electron chi connectivity index (χ4n) is 3.35. The summed E-state index contributed by atoms with van der Waals surface area (Å²) in [6.45, 7) is 1.77. The highest BCUT2D eigenvalue weighted by atomic mass is 35.5. The number of aromatic nitrogens is 1. The van der Waals surface area contributed by atoms with Crippen LogP contribution in [0.3, 0.4) is 0 Å². The number of aromatic hydroxyl groups is 4. The highest BCUT2D eigenvalue weighted by Crippen LogP contribution is 2.40. The number of fused-ring (bicyclic) bond motifs is 1. The minimum Gasteiger partial charge on any atom is -0.508 e. The molecule has 2 aromatic carbocycles. The second-order valence-electron chi connectivity index (χ2n) is 6.58. The lowest BCUT2D eigenvalue weighted by Gasteiger charge is -2.26. The number of hydrogen-bond donors (Lipinski definition) is 4. The lowest BCUT2D eigenvalue weighted by Crippen LogP contribution is -2.30. The van der Waals surface area contributed by atoms with Crippen LogP contribution in [0, 0.1) is 0 Å². The largest absolute Gasteiger partial charge is 0.508 e. The molecule has 2 heterocycles. The molecule has 0 radical (unpaired) electrons. The van der Waals surface area contributed by atoms with Gasteiger partial charge in [-0.05, 0) is 23.8 Å². The van der Waals surface area contributed by atoms with E-state index in [0.29, 0.717) is 30.8 Å². The summed E-state index contributed by atoms with van der Waals surface area (Å²) >= 11 is 5.97. The molecule has 1 aliphatic heterocycles. The second-order valence-corrected chi connectivity index (χ2v) is 6.98. The summed E-state index contributed by atoms with van der Waals surface area (Å²) in [5.41, 5.74) is 2.79. The Labute approximate surface area is 159 Å². The molecule has 0 unspecified atom stereocenters. The van der Waals surface area contributed by atoms with E-state index >= 15 is 0 Å². The summed E-state index contributed by atoms with van der Waals surface area (Å²) in [5.74, 6) is 0.0735. The molecule has 1 aromatic heterocycles. The zero-order chi connectivity index (χ0) is 19.1. The van der Waals surface area contributed by atoms with Gasteiger partial charge in [0.2, 0.25) is 0 Å². The Morgan fingerprint density at radius 1 is 1.00 bits per heavy atom. The summed E-state index contributed by atoms with van der Waals surface area (Å²) in [7, 11) is 0. The Morgan fingerprint density at radius 3 is 2.48 bits per heavy atom. The lowest BCUT2D eigenvalue weighted by molar-refractivity contribution is 0.244. The highest BCUT2D eigenvalue weighted by molar-refractivity contribution is 6.32. The Hall–Kier alpha value is -2.90. The van der Waals surface area contributed by atoms with Crippen LogP contribution in [-0.2, 0) is 19.5 Å². The SMILES string of the molecule is Oc1cc(O)cc(CN2CCc3noc(-c4cc(Cl)c(O)cc4O)c3C2)c1. The first-order valence-electron chi connectivity index (χ1n) is 8.34. The monoisotopic (exact) mass is 388 g/mol. The Balaban J connectivity index is 1.63. The van der Waals surface area contributed by atoms with E-state index in [9.17, 15) is 20.4 Å². The Morgan fingerprint density at radius 2 is 1.74 bits per heavy atom. The molecular formula is C19H17ClN2O5. The van der Waals surface area contributed by atoms with Crippen LogP contribution in [0.1, 0.15) is 16.8 Å². The molecule has 0 atom stereocenters. The maximum absolute atomic E-state index is 10.2. The number of benzene rings is 2. The van der Waals surface area contributed by atoms with Crippen molar-refractivity contribution in [2.24, 2.45) is 0 Å². The van der Waals surface area contributed by atoms with Crippen LogP contribution >= 0.6 is 11.6 Å². The van der Waals surface area contributed by atoms with Gasteiger partial charge in [-0.3, -0.25) is 4.90 Å². The molecule has 4 rings (SSSR count). The van der Waals surface area contributed by atoms with Crippen LogP contribution in [-0.4, -0.2) is 37.0 Å². The zero-order valence-electron chi connectivity index (χ0n) is 14.2. The predicted octanol–water partition coefficient (Wildman–Crippen LogP) is 3.38. The van der Waals surface area contributed by atoms with Crippen LogP contribution in [0.2, 0.25) is 5.02 Å². The lowest BCUT2D eigenvalue weighted by atomic mass is 10.0. The molecule has 4 N–H and O–H groups in total. The van der Waals surface area contributed by atoms with Gasteiger partial charge in [0, 0.05) is 43.8 Å². The topological polar surface area (TPSA) is 110 Å². The maximum Gasteiger partial charge on any atom is 0.175 e. The smallest absolute Gasteiger partial charge is 0.175 e. The molecule has 0 spiro atoms. The zero-order valence-corrected chi connectivity index (χ0v) is 14.9. The van der Waals surface area contributed by atoms with Gasteiger partial charge in [-0.25, -0.2) is 0 Å². The highest BCUT2D eigenvalue weighted by Gasteiger charge is 2.27. The van der Waals surface area contributed by atoms with Crippen molar-refractivity contribution in [3.8, 4) is 34.3 Å². The fraction of sp³-hybridized carbons (Fsp3) is 0.211. The summed E-state index contributed by atoms with van der Waals surface area (Å²) in [6, 6.07) is 7.11. The van der Waals surface area contributed by atoms with Crippen molar-refractivity contribution in [3.63, 3.8) is 0 Å². The van der Waals surface area contributed by atoms with Gasteiger partial charge < -0.3 is 24.9 Å². The van der Waals surface area contributed by atoms with Crippen LogP contribution in [0.25, 0.3) is 11.3 Å². The Bertz CT molecular complexity index is 997. The molecule has 0 fully saturated rings. The molecule has 0 amide bonds. The number of phenols is 4. The first kappa shape index (κ1) is 17.5. The molecule has 3 aromatic rings.